The largest absolute Gasteiger partial charge is 0.380 e. The highest BCUT2D eigenvalue weighted by Gasteiger charge is 2.42. The van der Waals surface area contributed by atoms with E-state index in [2.05, 4.69) is 12.1 Å². The smallest absolute Gasteiger partial charge is 0.166 e. The van der Waals surface area contributed by atoms with Gasteiger partial charge in [0.1, 0.15) is 5.60 Å². The molecule has 0 spiro atoms. The molecule has 0 heterocycles. The van der Waals surface area contributed by atoms with Crippen molar-refractivity contribution in [3.8, 4) is 0 Å². The molecule has 0 amide bonds. The lowest BCUT2D eigenvalue weighted by Crippen LogP contribution is -2.24. The summed E-state index contributed by atoms with van der Waals surface area (Å²) in [7, 11) is 0. The van der Waals surface area contributed by atoms with Gasteiger partial charge in [0.2, 0.25) is 0 Å². The van der Waals surface area contributed by atoms with Crippen molar-refractivity contribution in [2.45, 2.75) is 18.4 Å². The van der Waals surface area contributed by atoms with Crippen LogP contribution >= 0.6 is 0 Å². The summed E-state index contributed by atoms with van der Waals surface area (Å²) in [5.41, 5.74) is 3.35. The van der Waals surface area contributed by atoms with Crippen LogP contribution in [0.4, 0.5) is 0 Å². The molecule has 24 heavy (non-hydrogen) atoms. The highest BCUT2D eigenvalue weighted by Crippen LogP contribution is 2.41. The van der Waals surface area contributed by atoms with Crippen LogP contribution in [0.5, 0.6) is 0 Å². The Bertz CT molecular complexity index is 881. The van der Waals surface area contributed by atoms with Gasteiger partial charge in [-0.15, -0.1) is 0 Å². The van der Waals surface area contributed by atoms with Crippen molar-refractivity contribution in [3.63, 3.8) is 0 Å². The molecule has 0 saturated carbocycles. The number of ketones is 1. The maximum atomic E-state index is 12.2. The molecule has 1 aliphatic carbocycles. The molecule has 2 heteroatoms. The van der Waals surface area contributed by atoms with Gasteiger partial charge >= 0.3 is 0 Å². The standard InChI is InChI=1S/C22H18O2/c23-21-15-22(24,20-9-5-4-8-19(20)21)18-12-10-17(11-13-18)14-16-6-2-1-3-7-16/h1-13,24H,14-15H2. The second-order valence-corrected chi connectivity index (χ2v) is 6.37. The molecular weight excluding hydrogens is 296 g/mol. The van der Waals surface area contributed by atoms with E-state index in [4.69, 9.17) is 0 Å². The van der Waals surface area contributed by atoms with Gasteiger partial charge in [0.25, 0.3) is 0 Å². The third-order valence-corrected chi connectivity index (χ3v) is 4.77. The van der Waals surface area contributed by atoms with E-state index >= 15 is 0 Å². The summed E-state index contributed by atoms with van der Waals surface area (Å²) in [4.78, 5) is 12.2. The Balaban J connectivity index is 1.65. The molecule has 0 radical (unpaired) electrons. The molecule has 1 aliphatic rings. The highest BCUT2D eigenvalue weighted by atomic mass is 16.3. The number of Topliss-reactive ketones (excluding diaryl/α,β-unsaturated/α-hetero) is 1. The summed E-state index contributed by atoms with van der Waals surface area (Å²) in [5, 5.41) is 11.1. The van der Waals surface area contributed by atoms with Crippen LogP contribution in [0.2, 0.25) is 0 Å². The van der Waals surface area contributed by atoms with Gasteiger partial charge in [0, 0.05) is 12.0 Å². The monoisotopic (exact) mass is 314 g/mol. The average Bonchev–Trinajstić information content (AvgIpc) is 2.89. The first kappa shape index (κ1) is 14.9. The fourth-order valence-electron chi connectivity index (χ4n) is 3.50. The Hall–Kier alpha value is -2.71. The van der Waals surface area contributed by atoms with E-state index in [1.807, 2.05) is 60.7 Å². The van der Waals surface area contributed by atoms with Crippen LogP contribution < -0.4 is 0 Å². The van der Waals surface area contributed by atoms with E-state index in [1.54, 1.807) is 6.07 Å². The zero-order chi connectivity index (χ0) is 16.6. The zero-order valence-electron chi connectivity index (χ0n) is 13.3. The van der Waals surface area contributed by atoms with E-state index in [1.165, 1.54) is 11.1 Å². The molecule has 1 atom stereocenters. The van der Waals surface area contributed by atoms with Crippen molar-refractivity contribution in [1.29, 1.82) is 0 Å². The summed E-state index contributed by atoms with van der Waals surface area (Å²) in [5.74, 6) is 0.00135. The van der Waals surface area contributed by atoms with E-state index in [0.29, 0.717) is 11.1 Å². The first-order valence-electron chi connectivity index (χ1n) is 8.15. The van der Waals surface area contributed by atoms with Gasteiger partial charge in [-0.05, 0) is 28.7 Å². The number of hydrogen-bond acceptors (Lipinski definition) is 2. The molecule has 0 bridgehead atoms. The average molecular weight is 314 g/mol. The summed E-state index contributed by atoms with van der Waals surface area (Å²) in [6.07, 6.45) is 0.972. The van der Waals surface area contributed by atoms with Crippen molar-refractivity contribution in [1.82, 2.24) is 0 Å². The Morgan fingerprint density at radius 2 is 1.42 bits per heavy atom. The van der Waals surface area contributed by atoms with Gasteiger partial charge < -0.3 is 5.11 Å². The van der Waals surface area contributed by atoms with Gasteiger partial charge in [-0.1, -0.05) is 78.9 Å². The molecule has 0 fully saturated rings. The minimum absolute atomic E-state index is 0.00135. The van der Waals surface area contributed by atoms with Crippen LogP contribution in [-0.4, -0.2) is 10.9 Å². The molecule has 3 aromatic rings. The van der Waals surface area contributed by atoms with Gasteiger partial charge in [0.15, 0.2) is 5.78 Å². The lowest BCUT2D eigenvalue weighted by Gasteiger charge is -2.24. The van der Waals surface area contributed by atoms with Gasteiger partial charge in [-0.2, -0.15) is 0 Å². The Labute approximate surface area is 141 Å². The summed E-state index contributed by atoms with van der Waals surface area (Å²) < 4.78 is 0. The maximum absolute atomic E-state index is 12.2. The van der Waals surface area contributed by atoms with Gasteiger partial charge in [0.05, 0.1) is 0 Å². The third kappa shape index (κ3) is 2.45. The quantitative estimate of drug-likeness (QED) is 0.790. The Morgan fingerprint density at radius 3 is 2.17 bits per heavy atom. The van der Waals surface area contributed by atoms with E-state index < -0.39 is 5.60 Å². The molecule has 1 unspecified atom stereocenters. The van der Waals surface area contributed by atoms with Crippen LogP contribution in [0, 0.1) is 0 Å². The summed E-state index contributed by atoms with van der Waals surface area (Å²) in [6, 6.07) is 25.6. The molecule has 0 aliphatic heterocycles. The maximum Gasteiger partial charge on any atom is 0.166 e. The molecule has 0 saturated heterocycles. The molecule has 0 aromatic heterocycles. The molecule has 4 rings (SSSR count). The number of benzene rings is 3. The number of aliphatic hydroxyl groups is 1. The second-order valence-electron chi connectivity index (χ2n) is 6.37. The molecule has 118 valence electrons. The zero-order valence-corrected chi connectivity index (χ0v) is 13.3. The van der Waals surface area contributed by atoms with Crippen molar-refractivity contribution in [2.24, 2.45) is 0 Å². The Morgan fingerprint density at radius 1 is 0.792 bits per heavy atom. The van der Waals surface area contributed by atoms with E-state index in [0.717, 1.165) is 12.0 Å². The minimum Gasteiger partial charge on any atom is -0.380 e. The normalized spacial score (nSPS) is 19.3. The fraction of sp³-hybridized carbons (Fsp3) is 0.136. The number of carbonyl (C=O) groups is 1. The fourth-order valence-corrected chi connectivity index (χ4v) is 3.50. The van der Waals surface area contributed by atoms with E-state index in [9.17, 15) is 9.90 Å². The van der Waals surface area contributed by atoms with Crippen molar-refractivity contribution >= 4 is 5.78 Å². The molecule has 3 aromatic carbocycles. The van der Waals surface area contributed by atoms with Crippen LogP contribution in [-0.2, 0) is 12.0 Å². The first-order chi connectivity index (χ1) is 11.7. The van der Waals surface area contributed by atoms with Crippen LogP contribution in [0.25, 0.3) is 0 Å². The van der Waals surface area contributed by atoms with Crippen molar-refractivity contribution in [2.75, 3.05) is 0 Å². The number of carbonyl (C=O) groups excluding carboxylic acids is 1. The predicted octanol–water partition coefficient (Wildman–Crippen LogP) is 4.10. The van der Waals surface area contributed by atoms with Crippen LogP contribution in [0.15, 0.2) is 78.9 Å². The summed E-state index contributed by atoms with van der Waals surface area (Å²) >= 11 is 0. The summed E-state index contributed by atoms with van der Waals surface area (Å²) in [6.45, 7) is 0. The molecular formula is C22H18O2. The number of hydrogen-bond donors (Lipinski definition) is 1. The van der Waals surface area contributed by atoms with E-state index in [-0.39, 0.29) is 12.2 Å². The van der Waals surface area contributed by atoms with Gasteiger partial charge in [-0.3, -0.25) is 4.79 Å². The predicted molar refractivity (Wildman–Crippen MR) is 94.1 cm³/mol. The number of fused-ring (bicyclic) bond motifs is 1. The minimum atomic E-state index is -1.21. The second kappa shape index (κ2) is 5.73. The topological polar surface area (TPSA) is 37.3 Å². The molecule has 2 nitrogen and oxygen atoms in total. The third-order valence-electron chi connectivity index (χ3n) is 4.77. The van der Waals surface area contributed by atoms with Crippen LogP contribution in [0.1, 0.15) is 39.0 Å². The first-order valence-corrected chi connectivity index (χ1v) is 8.15. The highest BCUT2D eigenvalue weighted by molar-refractivity contribution is 6.02. The lowest BCUT2D eigenvalue weighted by molar-refractivity contribution is 0.0686. The Kier molecular flexibility index (Phi) is 3.55. The lowest BCUT2D eigenvalue weighted by atomic mass is 9.87. The molecule has 1 N–H and O–H groups in total. The SMILES string of the molecule is O=C1CC(O)(c2ccc(Cc3ccccc3)cc2)c2ccccc21. The van der Waals surface area contributed by atoms with Gasteiger partial charge in [-0.25, -0.2) is 0 Å². The number of rotatable bonds is 3. The van der Waals surface area contributed by atoms with Crippen LogP contribution in [0.3, 0.4) is 0 Å². The van der Waals surface area contributed by atoms with Crippen molar-refractivity contribution < 1.29 is 9.90 Å². The van der Waals surface area contributed by atoms with Crippen molar-refractivity contribution in [3.05, 3.63) is 107 Å².